The lowest BCUT2D eigenvalue weighted by atomic mass is 10.0. The maximum absolute atomic E-state index is 11.9. The van der Waals surface area contributed by atoms with Gasteiger partial charge in [0.1, 0.15) is 17.6 Å². The Kier molecular flexibility index (Phi) is 3.56. The number of carbonyl (C=O) groups is 1. The highest BCUT2D eigenvalue weighted by molar-refractivity contribution is 5.82. The molecular formula is C14H18N4O2. The first-order chi connectivity index (χ1) is 9.75. The van der Waals surface area contributed by atoms with Crippen LogP contribution < -0.4 is 10.6 Å². The highest BCUT2D eigenvalue weighted by atomic mass is 16.3. The van der Waals surface area contributed by atoms with Crippen molar-refractivity contribution < 1.29 is 9.21 Å². The lowest BCUT2D eigenvalue weighted by Gasteiger charge is -2.26. The van der Waals surface area contributed by atoms with E-state index in [0.717, 1.165) is 31.0 Å². The van der Waals surface area contributed by atoms with E-state index in [1.807, 2.05) is 29.9 Å². The van der Waals surface area contributed by atoms with E-state index in [1.165, 1.54) is 0 Å². The van der Waals surface area contributed by atoms with Crippen LogP contribution in [0.2, 0.25) is 0 Å². The fourth-order valence-electron chi connectivity index (χ4n) is 2.53. The lowest BCUT2D eigenvalue weighted by Crippen LogP contribution is -2.49. The highest BCUT2D eigenvalue weighted by Gasteiger charge is 2.29. The lowest BCUT2D eigenvalue weighted by molar-refractivity contribution is -0.124. The van der Waals surface area contributed by atoms with Gasteiger partial charge in [0.05, 0.1) is 12.3 Å². The van der Waals surface area contributed by atoms with Gasteiger partial charge in [0, 0.05) is 26.0 Å². The number of imidazole rings is 1. The Morgan fingerprint density at radius 1 is 1.60 bits per heavy atom. The number of piperidine rings is 1. The van der Waals surface area contributed by atoms with Crippen molar-refractivity contribution in [3.05, 3.63) is 42.4 Å². The minimum absolute atomic E-state index is 0.0435. The second-order valence-corrected chi connectivity index (χ2v) is 5.00. The molecule has 2 N–H and O–H groups in total. The van der Waals surface area contributed by atoms with Gasteiger partial charge in [-0.3, -0.25) is 10.1 Å². The van der Waals surface area contributed by atoms with Crippen molar-refractivity contribution in [1.82, 2.24) is 20.2 Å². The predicted octanol–water partition coefficient (Wildman–Crippen LogP) is 0.971. The number of hydrogen-bond acceptors (Lipinski definition) is 4. The summed E-state index contributed by atoms with van der Waals surface area (Å²) < 4.78 is 7.44. The van der Waals surface area contributed by atoms with Gasteiger partial charge in [-0.15, -0.1) is 0 Å². The van der Waals surface area contributed by atoms with Crippen LogP contribution >= 0.6 is 0 Å². The minimum Gasteiger partial charge on any atom is -0.467 e. The standard InChI is InChI=1S/C14H18N4O2/c1-18-8-7-15-13(18)12(11-5-3-9-20-11)17-10-4-2-6-16-14(10)19/h3,5,7-10,12,17H,2,4,6H2,1H3,(H,16,19). The van der Waals surface area contributed by atoms with E-state index in [0.29, 0.717) is 0 Å². The Hall–Kier alpha value is -2.08. The molecule has 0 saturated carbocycles. The molecule has 2 aromatic heterocycles. The Labute approximate surface area is 117 Å². The fraction of sp³-hybridized carbons (Fsp3) is 0.429. The van der Waals surface area contributed by atoms with Crippen LogP contribution in [0.1, 0.15) is 30.5 Å². The van der Waals surface area contributed by atoms with Gasteiger partial charge < -0.3 is 14.3 Å². The van der Waals surface area contributed by atoms with Crippen LogP contribution in [-0.2, 0) is 11.8 Å². The third-order valence-electron chi connectivity index (χ3n) is 3.60. The third kappa shape index (κ3) is 2.46. The van der Waals surface area contributed by atoms with Crippen LogP contribution in [-0.4, -0.2) is 28.0 Å². The van der Waals surface area contributed by atoms with Gasteiger partial charge in [0.25, 0.3) is 0 Å². The van der Waals surface area contributed by atoms with Crippen molar-refractivity contribution in [3.8, 4) is 0 Å². The summed E-state index contributed by atoms with van der Waals surface area (Å²) in [5, 5.41) is 6.25. The Balaban J connectivity index is 1.87. The largest absolute Gasteiger partial charge is 0.467 e. The van der Waals surface area contributed by atoms with Crippen LogP contribution in [0.5, 0.6) is 0 Å². The SMILES string of the molecule is Cn1ccnc1C(NC1CCCNC1=O)c1ccco1. The highest BCUT2D eigenvalue weighted by Crippen LogP contribution is 2.22. The summed E-state index contributed by atoms with van der Waals surface area (Å²) in [6, 6.07) is 3.30. The average Bonchev–Trinajstić information content (AvgIpc) is 3.10. The number of amides is 1. The molecule has 20 heavy (non-hydrogen) atoms. The molecule has 6 nitrogen and oxygen atoms in total. The van der Waals surface area contributed by atoms with Crippen LogP contribution in [0.3, 0.4) is 0 Å². The Bertz CT molecular complexity index is 576. The maximum Gasteiger partial charge on any atom is 0.237 e. The zero-order valence-electron chi connectivity index (χ0n) is 11.4. The molecule has 1 aliphatic heterocycles. The molecule has 0 aliphatic carbocycles. The molecule has 2 aromatic rings. The van der Waals surface area contributed by atoms with Crippen molar-refractivity contribution in [3.63, 3.8) is 0 Å². The molecule has 6 heteroatoms. The monoisotopic (exact) mass is 274 g/mol. The first kappa shape index (κ1) is 12.9. The van der Waals surface area contributed by atoms with Gasteiger partial charge in [0.2, 0.25) is 5.91 Å². The molecule has 1 saturated heterocycles. The first-order valence-electron chi connectivity index (χ1n) is 6.80. The molecule has 0 radical (unpaired) electrons. The summed E-state index contributed by atoms with van der Waals surface area (Å²) in [4.78, 5) is 16.3. The predicted molar refractivity (Wildman–Crippen MR) is 72.9 cm³/mol. The average molecular weight is 274 g/mol. The smallest absolute Gasteiger partial charge is 0.237 e. The van der Waals surface area contributed by atoms with Gasteiger partial charge in [-0.05, 0) is 25.0 Å². The topological polar surface area (TPSA) is 72.1 Å². The molecule has 0 aromatic carbocycles. The van der Waals surface area contributed by atoms with Gasteiger partial charge in [0.15, 0.2) is 0 Å². The van der Waals surface area contributed by atoms with Crippen LogP contribution in [0.15, 0.2) is 35.2 Å². The zero-order valence-corrected chi connectivity index (χ0v) is 11.4. The van der Waals surface area contributed by atoms with Crippen molar-refractivity contribution in [2.45, 2.75) is 24.9 Å². The van der Waals surface area contributed by atoms with Crippen LogP contribution in [0, 0.1) is 0 Å². The molecular weight excluding hydrogens is 256 g/mol. The van der Waals surface area contributed by atoms with Gasteiger partial charge in [-0.1, -0.05) is 0 Å². The molecule has 3 heterocycles. The molecule has 2 unspecified atom stereocenters. The minimum atomic E-state index is -0.223. The van der Waals surface area contributed by atoms with Crippen molar-refractivity contribution in [1.29, 1.82) is 0 Å². The molecule has 3 rings (SSSR count). The van der Waals surface area contributed by atoms with E-state index in [1.54, 1.807) is 12.5 Å². The second-order valence-electron chi connectivity index (χ2n) is 5.00. The van der Waals surface area contributed by atoms with Crippen molar-refractivity contribution in [2.75, 3.05) is 6.54 Å². The normalized spacial score (nSPS) is 20.6. The number of carbonyl (C=O) groups excluding carboxylic acids is 1. The summed E-state index contributed by atoms with van der Waals surface area (Å²) in [5.41, 5.74) is 0. The Morgan fingerprint density at radius 2 is 2.50 bits per heavy atom. The van der Waals surface area contributed by atoms with Gasteiger partial charge in [-0.2, -0.15) is 0 Å². The number of rotatable bonds is 4. The van der Waals surface area contributed by atoms with Crippen molar-refractivity contribution in [2.24, 2.45) is 7.05 Å². The van der Waals surface area contributed by atoms with Crippen LogP contribution in [0.25, 0.3) is 0 Å². The fourth-order valence-corrected chi connectivity index (χ4v) is 2.53. The van der Waals surface area contributed by atoms with Crippen molar-refractivity contribution >= 4 is 5.91 Å². The van der Waals surface area contributed by atoms with E-state index >= 15 is 0 Å². The maximum atomic E-state index is 11.9. The van der Waals surface area contributed by atoms with Crippen LogP contribution in [0.4, 0.5) is 0 Å². The number of aryl methyl sites for hydroxylation is 1. The first-order valence-corrected chi connectivity index (χ1v) is 6.80. The summed E-state index contributed by atoms with van der Waals surface area (Å²) >= 11 is 0. The van der Waals surface area contributed by atoms with Gasteiger partial charge >= 0.3 is 0 Å². The van der Waals surface area contributed by atoms with E-state index in [4.69, 9.17) is 4.42 Å². The summed E-state index contributed by atoms with van der Waals surface area (Å²) in [7, 11) is 1.93. The van der Waals surface area contributed by atoms with E-state index in [9.17, 15) is 4.79 Å². The molecule has 0 bridgehead atoms. The molecule has 1 fully saturated rings. The number of aromatic nitrogens is 2. The number of nitrogens with zero attached hydrogens (tertiary/aromatic N) is 2. The summed E-state index contributed by atoms with van der Waals surface area (Å²) in [6.07, 6.45) is 7.07. The second kappa shape index (κ2) is 5.50. The number of hydrogen-bond donors (Lipinski definition) is 2. The van der Waals surface area contributed by atoms with E-state index in [2.05, 4.69) is 15.6 Å². The number of nitrogens with one attached hydrogen (secondary N) is 2. The third-order valence-corrected chi connectivity index (χ3v) is 3.60. The molecule has 2 atom stereocenters. The van der Waals surface area contributed by atoms with Gasteiger partial charge in [-0.25, -0.2) is 4.98 Å². The molecule has 0 spiro atoms. The zero-order chi connectivity index (χ0) is 13.9. The Morgan fingerprint density at radius 3 is 3.15 bits per heavy atom. The number of furan rings is 1. The quantitative estimate of drug-likeness (QED) is 0.871. The van der Waals surface area contributed by atoms with E-state index < -0.39 is 0 Å². The molecule has 1 aliphatic rings. The van der Waals surface area contributed by atoms with E-state index in [-0.39, 0.29) is 18.0 Å². The molecule has 106 valence electrons. The molecule has 1 amide bonds. The summed E-state index contributed by atoms with van der Waals surface area (Å²) in [6.45, 7) is 0.755. The summed E-state index contributed by atoms with van der Waals surface area (Å²) in [5.74, 6) is 1.64.